The molecule has 0 aromatic heterocycles. The van der Waals surface area contributed by atoms with Crippen LogP contribution in [0.4, 0.5) is 5.69 Å². The van der Waals surface area contributed by atoms with Crippen LogP contribution in [0, 0.1) is 12.3 Å². The highest BCUT2D eigenvalue weighted by Gasteiger charge is 2.05. The highest BCUT2D eigenvalue weighted by Crippen LogP contribution is 2.10. The van der Waals surface area contributed by atoms with Gasteiger partial charge in [0.2, 0.25) is 10.0 Å². The van der Waals surface area contributed by atoms with Crippen LogP contribution >= 0.6 is 0 Å². The van der Waals surface area contributed by atoms with Crippen molar-refractivity contribution < 1.29 is 8.42 Å². The van der Waals surface area contributed by atoms with Gasteiger partial charge in [0, 0.05) is 11.3 Å². The molecule has 0 aliphatic heterocycles. The summed E-state index contributed by atoms with van der Waals surface area (Å²) in [5.74, 6) is 2.25. The Morgan fingerprint density at radius 1 is 1.36 bits per heavy atom. The van der Waals surface area contributed by atoms with E-state index in [2.05, 4.69) is 10.6 Å². The first-order valence-corrected chi connectivity index (χ1v) is 5.76. The first kappa shape index (κ1) is 10.6. The summed E-state index contributed by atoms with van der Waals surface area (Å²) >= 11 is 0. The van der Waals surface area contributed by atoms with Crippen molar-refractivity contribution in [1.82, 2.24) is 0 Å². The van der Waals surface area contributed by atoms with Crippen LogP contribution in [-0.2, 0) is 10.0 Å². The topological polar surface area (TPSA) is 46.2 Å². The van der Waals surface area contributed by atoms with Crippen LogP contribution in [0.15, 0.2) is 24.3 Å². The first-order valence-electron chi connectivity index (χ1n) is 4.10. The maximum Gasteiger partial charge on any atom is 0.232 e. The quantitative estimate of drug-likeness (QED) is 0.763. The summed E-state index contributed by atoms with van der Waals surface area (Å²) in [7, 11) is -3.21. The molecule has 0 bridgehead atoms. The van der Waals surface area contributed by atoms with Gasteiger partial charge in [0.1, 0.15) is 0 Å². The zero-order chi connectivity index (χ0) is 10.6. The van der Waals surface area contributed by atoms with Gasteiger partial charge in [-0.15, -0.1) is 0 Å². The molecule has 4 heteroatoms. The molecule has 0 spiro atoms. The van der Waals surface area contributed by atoms with Gasteiger partial charge in [0.05, 0.1) is 5.75 Å². The molecule has 1 rings (SSSR count). The van der Waals surface area contributed by atoms with Crippen molar-refractivity contribution in [3.63, 3.8) is 0 Å². The van der Waals surface area contributed by atoms with Crippen LogP contribution in [0.2, 0.25) is 0 Å². The van der Waals surface area contributed by atoms with Crippen LogP contribution in [-0.4, -0.2) is 14.2 Å². The normalized spacial score (nSPS) is 10.6. The van der Waals surface area contributed by atoms with Crippen molar-refractivity contribution in [2.75, 3.05) is 10.5 Å². The van der Waals surface area contributed by atoms with Gasteiger partial charge in [-0.1, -0.05) is 5.92 Å². The third kappa shape index (κ3) is 2.79. The van der Waals surface area contributed by atoms with Gasteiger partial charge >= 0.3 is 0 Å². The predicted octanol–water partition coefficient (Wildman–Crippen LogP) is 1.39. The average Bonchev–Trinajstić information content (AvgIpc) is 2.19. The van der Waals surface area contributed by atoms with Crippen LogP contribution in [0.5, 0.6) is 0 Å². The molecule has 3 nitrogen and oxygen atoms in total. The SMILES string of the molecule is [C]#Cc1ccc(NS(=O)(=O)CC)cc1. The Balaban J connectivity index is 2.86. The lowest BCUT2D eigenvalue weighted by Crippen LogP contribution is -2.14. The van der Waals surface area contributed by atoms with Crippen molar-refractivity contribution in [3.8, 4) is 5.92 Å². The predicted molar refractivity (Wildman–Crippen MR) is 55.8 cm³/mol. The Hall–Kier alpha value is -1.47. The standard InChI is InChI=1S/C10H10NO2S/c1-3-9-5-7-10(8-6-9)11-14(12,13)4-2/h5-8,11H,4H2,2H3. The Morgan fingerprint density at radius 2 is 1.93 bits per heavy atom. The molecule has 0 heterocycles. The van der Waals surface area contributed by atoms with E-state index in [1.54, 1.807) is 31.2 Å². The molecule has 1 N–H and O–H groups in total. The van der Waals surface area contributed by atoms with Crippen molar-refractivity contribution in [2.45, 2.75) is 6.92 Å². The summed E-state index contributed by atoms with van der Waals surface area (Å²) in [6.45, 7) is 1.57. The van der Waals surface area contributed by atoms with E-state index in [0.29, 0.717) is 11.3 Å². The zero-order valence-electron chi connectivity index (χ0n) is 7.74. The Bertz CT molecular complexity index is 440. The Morgan fingerprint density at radius 3 is 2.36 bits per heavy atom. The van der Waals surface area contributed by atoms with Crippen LogP contribution in [0.1, 0.15) is 12.5 Å². The van der Waals surface area contributed by atoms with Crippen molar-refractivity contribution in [2.24, 2.45) is 0 Å². The fraction of sp³-hybridized carbons (Fsp3) is 0.200. The molecule has 0 saturated heterocycles. The number of anilines is 1. The monoisotopic (exact) mass is 208 g/mol. The number of sulfonamides is 1. The number of hydrogen-bond donors (Lipinski definition) is 1. The molecule has 0 aliphatic rings. The minimum absolute atomic E-state index is 0.0471. The van der Waals surface area contributed by atoms with Crippen molar-refractivity contribution in [3.05, 3.63) is 36.3 Å². The molecule has 0 saturated carbocycles. The van der Waals surface area contributed by atoms with Crippen LogP contribution < -0.4 is 4.72 Å². The summed E-state index contributed by atoms with van der Waals surface area (Å²) in [6.07, 6.45) is 6.84. The number of nitrogens with one attached hydrogen (secondary N) is 1. The van der Waals surface area contributed by atoms with E-state index in [0.717, 1.165) is 0 Å². The molecule has 0 unspecified atom stereocenters. The first-order chi connectivity index (χ1) is 6.57. The molecule has 0 aliphatic carbocycles. The molecular weight excluding hydrogens is 198 g/mol. The average molecular weight is 208 g/mol. The highest BCUT2D eigenvalue weighted by atomic mass is 32.2. The summed E-state index contributed by atoms with van der Waals surface area (Å²) in [6, 6.07) is 6.45. The van der Waals surface area contributed by atoms with Crippen LogP contribution in [0.3, 0.4) is 0 Å². The number of hydrogen-bond acceptors (Lipinski definition) is 2. The third-order valence-electron chi connectivity index (χ3n) is 1.68. The smallest absolute Gasteiger partial charge is 0.232 e. The molecule has 0 atom stereocenters. The second-order valence-corrected chi connectivity index (χ2v) is 4.72. The summed E-state index contributed by atoms with van der Waals surface area (Å²) in [4.78, 5) is 0. The largest absolute Gasteiger partial charge is 0.284 e. The molecule has 0 fully saturated rings. The van der Waals surface area contributed by atoms with E-state index in [9.17, 15) is 8.42 Å². The maximum absolute atomic E-state index is 11.2. The van der Waals surface area contributed by atoms with E-state index in [4.69, 9.17) is 6.42 Å². The summed E-state index contributed by atoms with van der Waals surface area (Å²) in [5, 5.41) is 0. The zero-order valence-corrected chi connectivity index (χ0v) is 8.56. The lowest BCUT2D eigenvalue weighted by molar-refractivity contribution is 0.602. The Kier molecular flexibility index (Phi) is 3.15. The molecule has 14 heavy (non-hydrogen) atoms. The summed E-state index contributed by atoms with van der Waals surface area (Å²) in [5.41, 5.74) is 1.12. The van der Waals surface area contributed by atoms with Gasteiger partial charge in [-0.2, -0.15) is 0 Å². The minimum atomic E-state index is -3.21. The molecular formula is C10H10NO2S. The van der Waals surface area contributed by atoms with Gasteiger partial charge in [-0.05, 0) is 37.6 Å². The second-order valence-electron chi connectivity index (χ2n) is 2.71. The molecule has 0 amide bonds. The van der Waals surface area contributed by atoms with E-state index in [1.165, 1.54) is 0 Å². The molecule has 1 radical (unpaired) electrons. The fourth-order valence-corrected chi connectivity index (χ4v) is 1.51. The van der Waals surface area contributed by atoms with Crippen molar-refractivity contribution >= 4 is 15.7 Å². The maximum atomic E-state index is 11.2. The number of benzene rings is 1. The fourth-order valence-electron chi connectivity index (χ4n) is 0.873. The molecule has 73 valence electrons. The lowest BCUT2D eigenvalue weighted by atomic mass is 10.2. The van der Waals surface area contributed by atoms with E-state index in [1.807, 2.05) is 0 Å². The molecule has 1 aromatic rings. The third-order valence-corrected chi connectivity index (χ3v) is 2.99. The second kappa shape index (κ2) is 4.16. The van der Waals surface area contributed by atoms with Gasteiger partial charge in [-0.3, -0.25) is 4.72 Å². The van der Waals surface area contributed by atoms with Crippen LogP contribution in [0.25, 0.3) is 0 Å². The molecule has 1 aromatic carbocycles. The van der Waals surface area contributed by atoms with Gasteiger partial charge in [0.25, 0.3) is 0 Å². The lowest BCUT2D eigenvalue weighted by Gasteiger charge is -2.05. The number of rotatable bonds is 3. The van der Waals surface area contributed by atoms with Gasteiger partial charge in [0.15, 0.2) is 0 Å². The van der Waals surface area contributed by atoms with Gasteiger partial charge in [-0.25, -0.2) is 8.42 Å². The van der Waals surface area contributed by atoms with E-state index >= 15 is 0 Å². The highest BCUT2D eigenvalue weighted by molar-refractivity contribution is 7.92. The summed E-state index contributed by atoms with van der Waals surface area (Å²) < 4.78 is 24.7. The van der Waals surface area contributed by atoms with Crippen molar-refractivity contribution in [1.29, 1.82) is 0 Å². The van der Waals surface area contributed by atoms with Gasteiger partial charge < -0.3 is 0 Å². The van der Waals surface area contributed by atoms with E-state index < -0.39 is 10.0 Å². The Labute approximate surface area is 84.2 Å². The van der Waals surface area contributed by atoms with E-state index in [-0.39, 0.29) is 5.75 Å². The minimum Gasteiger partial charge on any atom is -0.284 e.